The molecule has 0 radical (unpaired) electrons. The molecule has 172 valence electrons. The van der Waals surface area contributed by atoms with E-state index in [2.05, 4.69) is 30.4 Å². The second-order valence-electron chi connectivity index (χ2n) is 9.59. The third-order valence-corrected chi connectivity index (χ3v) is 6.80. The summed E-state index contributed by atoms with van der Waals surface area (Å²) in [6.07, 6.45) is 28.6. The van der Waals surface area contributed by atoms with Crippen molar-refractivity contribution in [2.24, 2.45) is 0 Å². The molecule has 1 rings (SSSR count). The first-order valence-electron chi connectivity index (χ1n) is 13.6. The van der Waals surface area contributed by atoms with Crippen LogP contribution in [0.2, 0.25) is 0 Å². The Hall–Kier alpha value is -0.530. The molecule has 1 heterocycles. The maximum absolute atomic E-state index is 2.70. The van der Waals surface area contributed by atoms with Gasteiger partial charge in [0.25, 0.3) is 0 Å². The highest BCUT2D eigenvalue weighted by Gasteiger charge is 2.26. The number of amidine groups is 1. The Morgan fingerprint density at radius 2 is 1.00 bits per heavy atom. The lowest BCUT2D eigenvalue weighted by atomic mass is 10.1. The minimum absolute atomic E-state index is 1.24. The van der Waals surface area contributed by atoms with E-state index in [0.29, 0.717) is 0 Å². The second-order valence-corrected chi connectivity index (χ2v) is 9.59. The zero-order valence-corrected chi connectivity index (χ0v) is 20.7. The normalized spacial score (nSPS) is 14.4. The molecule has 0 saturated carbocycles. The zero-order chi connectivity index (χ0) is 21.0. The maximum Gasteiger partial charge on any atom is 0.246 e. The van der Waals surface area contributed by atoms with Gasteiger partial charge in [-0.15, -0.1) is 0 Å². The first-order chi connectivity index (χ1) is 14.3. The van der Waals surface area contributed by atoms with E-state index < -0.39 is 0 Å². The van der Waals surface area contributed by atoms with Gasteiger partial charge in [0.1, 0.15) is 13.1 Å². The zero-order valence-electron chi connectivity index (χ0n) is 20.7. The number of hydrogen-bond donors (Lipinski definition) is 0. The summed E-state index contributed by atoms with van der Waals surface area (Å²) < 4.78 is 2.53. The molecule has 0 aliphatic carbocycles. The predicted molar refractivity (Wildman–Crippen MR) is 131 cm³/mol. The molecular formula is C27H55N2+. The first-order valence-corrected chi connectivity index (χ1v) is 13.6. The quantitative estimate of drug-likeness (QED) is 0.137. The summed E-state index contributed by atoms with van der Waals surface area (Å²) in [7, 11) is 2.31. The highest BCUT2D eigenvalue weighted by Crippen LogP contribution is 2.15. The third kappa shape index (κ3) is 14.2. The van der Waals surface area contributed by atoms with Gasteiger partial charge >= 0.3 is 0 Å². The Labute approximate surface area is 184 Å². The van der Waals surface area contributed by atoms with Gasteiger partial charge in [-0.2, -0.15) is 0 Å². The number of likely N-dealkylation sites (N-methyl/N-ethyl adjacent to an activating group) is 1. The van der Waals surface area contributed by atoms with Crippen LogP contribution in [0.5, 0.6) is 0 Å². The molecule has 0 amide bonds. The summed E-state index contributed by atoms with van der Waals surface area (Å²) >= 11 is 0. The van der Waals surface area contributed by atoms with E-state index in [9.17, 15) is 0 Å². The molecule has 2 nitrogen and oxygen atoms in total. The molecule has 29 heavy (non-hydrogen) atoms. The van der Waals surface area contributed by atoms with Crippen molar-refractivity contribution in [1.82, 2.24) is 4.90 Å². The van der Waals surface area contributed by atoms with E-state index in [1.54, 1.807) is 5.84 Å². The summed E-state index contributed by atoms with van der Waals surface area (Å²) in [6, 6.07) is 0. The van der Waals surface area contributed by atoms with Gasteiger partial charge in [-0.05, 0) is 19.3 Å². The van der Waals surface area contributed by atoms with Crippen LogP contribution in [-0.2, 0) is 0 Å². The van der Waals surface area contributed by atoms with Gasteiger partial charge in [-0.3, -0.25) is 9.48 Å². The van der Waals surface area contributed by atoms with E-state index in [4.69, 9.17) is 0 Å². The Morgan fingerprint density at radius 1 is 0.586 bits per heavy atom. The molecule has 1 aliphatic heterocycles. The summed E-state index contributed by atoms with van der Waals surface area (Å²) in [5.74, 6) is 1.64. The SMILES string of the molecule is CCCCCCCCCCCCN1CC[N+](C)=C1CCCCCCCCCCC. The van der Waals surface area contributed by atoms with Gasteiger partial charge < -0.3 is 0 Å². The summed E-state index contributed by atoms with van der Waals surface area (Å²) in [5.41, 5.74) is 0. The van der Waals surface area contributed by atoms with Crippen LogP contribution in [0.25, 0.3) is 0 Å². The molecule has 1 aliphatic rings. The van der Waals surface area contributed by atoms with Gasteiger partial charge in [-0.1, -0.05) is 117 Å². The summed E-state index contributed by atoms with van der Waals surface area (Å²) in [4.78, 5) is 2.70. The first kappa shape index (κ1) is 26.5. The van der Waals surface area contributed by atoms with Gasteiger partial charge in [-0.25, -0.2) is 0 Å². The van der Waals surface area contributed by atoms with Gasteiger partial charge in [0.05, 0.1) is 13.6 Å². The molecule has 0 N–H and O–H groups in total. The molecule has 0 aromatic carbocycles. The monoisotopic (exact) mass is 407 g/mol. The number of rotatable bonds is 21. The van der Waals surface area contributed by atoms with E-state index in [0.717, 1.165) is 0 Å². The molecule has 0 bridgehead atoms. The summed E-state index contributed by atoms with van der Waals surface area (Å²) in [6.45, 7) is 8.41. The molecule has 0 fully saturated rings. The number of unbranched alkanes of at least 4 members (excludes halogenated alkanes) is 17. The Morgan fingerprint density at radius 3 is 1.48 bits per heavy atom. The molecule has 0 unspecified atom stereocenters. The average Bonchev–Trinajstić information content (AvgIpc) is 3.07. The van der Waals surface area contributed by atoms with Crippen molar-refractivity contribution >= 4 is 5.84 Å². The van der Waals surface area contributed by atoms with E-state index in [-0.39, 0.29) is 0 Å². The van der Waals surface area contributed by atoms with E-state index >= 15 is 0 Å². The number of nitrogens with zero attached hydrogens (tertiary/aromatic N) is 2. The smallest absolute Gasteiger partial charge is 0.246 e. The standard InChI is InChI=1S/C27H55N2/c1-4-6-8-10-12-14-16-18-20-22-24-29-26-25-28(3)27(29)23-21-19-17-15-13-11-9-7-5-2/h4-26H2,1-3H3/q+1. The van der Waals surface area contributed by atoms with Crippen LogP contribution in [0, 0.1) is 0 Å². The third-order valence-electron chi connectivity index (χ3n) is 6.80. The molecule has 0 spiro atoms. The van der Waals surface area contributed by atoms with Crippen LogP contribution in [0.4, 0.5) is 0 Å². The highest BCUT2D eigenvalue weighted by molar-refractivity contribution is 5.78. The fourth-order valence-corrected chi connectivity index (χ4v) is 4.74. The van der Waals surface area contributed by atoms with Crippen LogP contribution in [0.1, 0.15) is 142 Å². The van der Waals surface area contributed by atoms with Gasteiger partial charge in [0.2, 0.25) is 5.84 Å². The van der Waals surface area contributed by atoms with Crippen LogP contribution in [-0.4, -0.2) is 42.0 Å². The van der Waals surface area contributed by atoms with Crippen molar-refractivity contribution in [3.63, 3.8) is 0 Å². The van der Waals surface area contributed by atoms with Crippen molar-refractivity contribution in [3.05, 3.63) is 0 Å². The number of hydrogen-bond acceptors (Lipinski definition) is 1. The summed E-state index contributed by atoms with van der Waals surface area (Å²) in [5, 5.41) is 0. The highest BCUT2D eigenvalue weighted by atomic mass is 15.3. The fourth-order valence-electron chi connectivity index (χ4n) is 4.74. The van der Waals surface area contributed by atoms with Crippen LogP contribution in [0.15, 0.2) is 0 Å². The van der Waals surface area contributed by atoms with Gasteiger partial charge in [0.15, 0.2) is 0 Å². The van der Waals surface area contributed by atoms with Crippen molar-refractivity contribution in [1.29, 1.82) is 0 Å². The molecule has 2 heteroatoms. The Balaban J connectivity index is 1.99. The van der Waals surface area contributed by atoms with E-state index in [1.807, 2.05) is 0 Å². The average molecular weight is 408 g/mol. The minimum atomic E-state index is 1.24. The lowest BCUT2D eigenvalue weighted by Gasteiger charge is -2.13. The lowest BCUT2D eigenvalue weighted by Crippen LogP contribution is -2.30. The molecule has 0 saturated heterocycles. The molecular weight excluding hydrogens is 352 g/mol. The lowest BCUT2D eigenvalue weighted by molar-refractivity contribution is -0.487. The fraction of sp³-hybridized carbons (Fsp3) is 0.963. The van der Waals surface area contributed by atoms with Crippen molar-refractivity contribution in [2.45, 2.75) is 142 Å². The largest absolute Gasteiger partial charge is 0.264 e. The van der Waals surface area contributed by atoms with Crippen LogP contribution in [0.3, 0.4) is 0 Å². The van der Waals surface area contributed by atoms with Crippen molar-refractivity contribution < 1.29 is 4.58 Å². The van der Waals surface area contributed by atoms with E-state index in [1.165, 1.54) is 148 Å². The Kier molecular flexibility index (Phi) is 17.8. The molecule has 0 atom stereocenters. The van der Waals surface area contributed by atoms with Crippen LogP contribution >= 0.6 is 0 Å². The second kappa shape index (κ2) is 19.4. The van der Waals surface area contributed by atoms with Gasteiger partial charge in [0, 0.05) is 6.42 Å². The maximum atomic E-state index is 2.70. The van der Waals surface area contributed by atoms with Crippen LogP contribution < -0.4 is 0 Å². The molecule has 0 aromatic heterocycles. The minimum Gasteiger partial charge on any atom is -0.264 e. The topological polar surface area (TPSA) is 6.25 Å². The van der Waals surface area contributed by atoms with Crippen molar-refractivity contribution in [2.75, 3.05) is 26.7 Å². The Bertz CT molecular complexity index is 388. The molecule has 0 aromatic rings. The van der Waals surface area contributed by atoms with Crippen molar-refractivity contribution in [3.8, 4) is 0 Å². The predicted octanol–water partition coefficient (Wildman–Crippen LogP) is 8.18.